The Bertz CT molecular complexity index is 312. The summed E-state index contributed by atoms with van der Waals surface area (Å²) >= 11 is 0. The minimum Gasteiger partial charge on any atom is -0.466 e. The van der Waals surface area contributed by atoms with Crippen LogP contribution in [0.2, 0.25) is 0 Å². The number of carbonyl (C=O) groups excluding carboxylic acids is 1. The fourth-order valence-electron chi connectivity index (χ4n) is 0.935. The molecule has 0 fully saturated rings. The van der Waals surface area contributed by atoms with E-state index in [2.05, 4.69) is 4.74 Å². The van der Waals surface area contributed by atoms with Gasteiger partial charge in [0.1, 0.15) is 0 Å². The summed E-state index contributed by atoms with van der Waals surface area (Å²) in [5, 5.41) is 17.3. The van der Waals surface area contributed by atoms with E-state index in [1.54, 1.807) is 0 Å². The zero-order valence-electron chi connectivity index (χ0n) is 9.28. The predicted octanol–water partition coefficient (Wildman–Crippen LogP) is -1.60. The van der Waals surface area contributed by atoms with Gasteiger partial charge in [0, 0.05) is 6.54 Å². The number of ether oxygens (including phenoxy) is 1. The van der Waals surface area contributed by atoms with E-state index in [1.165, 1.54) is 4.90 Å². The van der Waals surface area contributed by atoms with Crippen molar-refractivity contribution < 1.29 is 32.7 Å². The Hall–Kier alpha value is -0.740. The molecule has 0 aliphatic heterocycles. The molecule has 0 aliphatic rings. The van der Waals surface area contributed by atoms with Gasteiger partial charge < -0.3 is 14.9 Å². The molecule has 0 rings (SSSR count). The highest BCUT2D eigenvalue weighted by Crippen LogP contribution is 1.95. The van der Waals surface area contributed by atoms with Crippen LogP contribution in [0.4, 0.5) is 0 Å². The first-order valence-electron chi connectivity index (χ1n) is 4.94. The fourth-order valence-corrected chi connectivity index (χ4v) is 1.42. The van der Waals surface area contributed by atoms with Gasteiger partial charge in [-0.1, -0.05) is 0 Å². The number of carbonyl (C=O) groups is 1. The molecule has 0 atom stereocenters. The minimum atomic E-state index is -4.02. The number of hydrogen-bond acceptors (Lipinski definition) is 7. The van der Waals surface area contributed by atoms with Gasteiger partial charge in [-0.2, -0.15) is 8.42 Å². The van der Waals surface area contributed by atoms with Crippen molar-refractivity contribution in [3.63, 3.8) is 0 Å². The lowest BCUT2D eigenvalue weighted by Gasteiger charge is -2.14. The first kappa shape index (κ1) is 16.3. The number of rotatable bonds is 9. The van der Waals surface area contributed by atoms with Crippen LogP contribution >= 0.6 is 0 Å². The molecule has 0 bridgehead atoms. The Morgan fingerprint density at radius 3 is 2.29 bits per heavy atom. The molecule has 0 spiro atoms. The van der Waals surface area contributed by atoms with Gasteiger partial charge in [-0.15, -0.1) is 0 Å². The Morgan fingerprint density at radius 2 is 1.82 bits per heavy atom. The van der Waals surface area contributed by atoms with Gasteiger partial charge in [-0.3, -0.25) is 14.2 Å². The molecule has 0 heterocycles. The van der Waals surface area contributed by atoms with E-state index in [0.717, 1.165) is 0 Å². The number of esters is 1. The number of hydrogen-bond donors (Lipinski definition) is 3. The molecule has 8 nitrogen and oxygen atoms in total. The average Bonchev–Trinajstić information content (AvgIpc) is 2.24. The van der Waals surface area contributed by atoms with E-state index >= 15 is 0 Å². The second-order valence-electron chi connectivity index (χ2n) is 3.29. The Balaban J connectivity index is 3.60. The summed E-state index contributed by atoms with van der Waals surface area (Å²) in [4.78, 5) is 12.3. The van der Waals surface area contributed by atoms with Gasteiger partial charge in [0.2, 0.25) is 0 Å². The van der Waals surface area contributed by atoms with E-state index in [9.17, 15) is 13.2 Å². The molecular formula is C8H17NO7S. The number of aliphatic hydroxyl groups is 2. The van der Waals surface area contributed by atoms with Gasteiger partial charge in [-0.05, 0) is 6.42 Å². The molecule has 0 saturated heterocycles. The molecule has 0 aromatic carbocycles. The van der Waals surface area contributed by atoms with Crippen LogP contribution in [-0.4, -0.2) is 66.4 Å². The zero-order chi connectivity index (χ0) is 13.3. The summed E-state index contributed by atoms with van der Waals surface area (Å²) in [7, 11) is -4.02. The van der Waals surface area contributed by atoms with E-state index in [0.29, 0.717) is 0 Å². The van der Waals surface area contributed by atoms with Crippen LogP contribution in [0.5, 0.6) is 0 Å². The van der Waals surface area contributed by atoms with E-state index in [-0.39, 0.29) is 39.5 Å². The highest BCUT2D eigenvalue weighted by molar-refractivity contribution is 7.85. The van der Waals surface area contributed by atoms with Crippen molar-refractivity contribution in [1.82, 2.24) is 4.90 Å². The van der Waals surface area contributed by atoms with Crippen molar-refractivity contribution in [2.24, 2.45) is 0 Å². The topological polar surface area (TPSA) is 124 Å². The third-order valence-electron chi connectivity index (χ3n) is 1.84. The Labute approximate surface area is 99.5 Å². The van der Waals surface area contributed by atoms with Crippen LogP contribution < -0.4 is 0 Å². The summed E-state index contributed by atoms with van der Waals surface area (Å²) in [6.45, 7) is -0.694. The maximum absolute atomic E-state index is 11.1. The molecular weight excluding hydrogens is 254 g/mol. The molecule has 0 radical (unpaired) electrons. The molecule has 0 amide bonds. The number of nitrogens with zero attached hydrogens (tertiary/aromatic N) is 1. The maximum atomic E-state index is 11.1. The van der Waals surface area contributed by atoms with Gasteiger partial charge in [-0.25, -0.2) is 0 Å². The van der Waals surface area contributed by atoms with E-state index < -0.39 is 21.8 Å². The molecule has 0 aromatic heterocycles. The first-order chi connectivity index (χ1) is 7.89. The van der Waals surface area contributed by atoms with E-state index in [1.807, 2.05) is 0 Å². The van der Waals surface area contributed by atoms with Crippen molar-refractivity contribution >= 4 is 16.1 Å². The molecule has 0 unspecified atom stereocenters. The third kappa shape index (κ3) is 10.1. The smallest absolute Gasteiger partial charge is 0.307 e. The van der Waals surface area contributed by atoms with Crippen LogP contribution in [0.15, 0.2) is 0 Å². The monoisotopic (exact) mass is 271 g/mol. The molecule has 0 aromatic rings. The normalized spacial score (nSPS) is 11.8. The van der Waals surface area contributed by atoms with Crippen LogP contribution in [0.25, 0.3) is 0 Å². The van der Waals surface area contributed by atoms with Gasteiger partial charge in [0.15, 0.2) is 0 Å². The van der Waals surface area contributed by atoms with Gasteiger partial charge in [0.25, 0.3) is 10.1 Å². The van der Waals surface area contributed by atoms with Crippen LogP contribution in [-0.2, 0) is 19.6 Å². The molecule has 17 heavy (non-hydrogen) atoms. The minimum absolute atomic E-state index is 0.0208. The molecule has 3 N–H and O–H groups in total. The first-order valence-corrected chi connectivity index (χ1v) is 6.55. The second kappa shape index (κ2) is 8.37. The quantitative estimate of drug-likeness (QED) is 0.198. The third-order valence-corrected chi connectivity index (χ3v) is 2.65. The summed E-state index contributed by atoms with van der Waals surface area (Å²) in [5.74, 6) is -1.02. The fraction of sp³-hybridized carbons (Fsp3) is 0.875. The number of aliphatic hydroxyl groups excluding tert-OH is 2. The average molecular weight is 271 g/mol. The summed E-state index contributed by atoms with van der Waals surface area (Å²) < 4.78 is 33.7. The van der Waals surface area contributed by atoms with Crippen molar-refractivity contribution in [3.8, 4) is 0 Å². The Kier molecular flexibility index (Phi) is 8.00. The highest BCUT2D eigenvalue weighted by Gasteiger charge is 2.08. The van der Waals surface area contributed by atoms with Gasteiger partial charge in [0.05, 0.1) is 32.2 Å². The van der Waals surface area contributed by atoms with Crippen molar-refractivity contribution in [2.45, 2.75) is 12.8 Å². The van der Waals surface area contributed by atoms with Crippen LogP contribution in [0.1, 0.15) is 12.8 Å². The largest absolute Gasteiger partial charge is 0.466 e. The van der Waals surface area contributed by atoms with Crippen LogP contribution in [0, 0.1) is 0 Å². The predicted molar refractivity (Wildman–Crippen MR) is 57.5 cm³/mol. The summed E-state index contributed by atoms with van der Waals surface area (Å²) in [5.41, 5.74) is 0. The Morgan fingerprint density at radius 1 is 1.24 bits per heavy atom. The lowest BCUT2D eigenvalue weighted by Crippen LogP contribution is -2.28. The maximum Gasteiger partial charge on any atom is 0.307 e. The summed E-state index contributed by atoms with van der Waals surface area (Å²) in [6.07, 6.45) is 0.00127. The molecule has 0 aliphatic carbocycles. The molecule has 0 saturated carbocycles. The zero-order valence-corrected chi connectivity index (χ0v) is 10.1. The lowest BCUT2D eigenvalue weighted by atomic mass is 10.4. The molecule has 102 valence electrons. The van der Waals surface area contributed by atoms with Crippen molar-refractivity contribution in [1.29, 1.82) is 0 Å². The van der Waals surface area contributed by atoms with Crippen LogP contribution in [0.3, 0.4) is 0 Å². The summed E-state index contributed by atoms with van der Waals surface area (Å²) in [6, 6.07) is 0. The highest BCUT2D eigenvalue weighted by atomic mass is 32.2. The molecule has 9 heteroatoms. The second-order valence-corrected chi connectivity index (χ2v) is 4.86. The van der Waals surface area contributed by atoms with Gasteiger partial charge >= 0.3 is 5.97 Å². The van der Waals surface area contributed by atoms with E-state index in [4.69, 9.17) is 14.8 Å². The SMILES string of the molecule is O=C(CCN(CO)CO)OCCCS(=O)(=O)O. The standard InChI is InChI=1S/C8H17NO7S/c10-6-9(7-11)3-2-8(12)16-4-1-5-17(13,14)15/h10-11H,1-7H2,(H,13,14,15). The van der Waals surface area contributed by atoms with Crippen molar-refractivity contribution in [2.75, 3.05) is 32.4 Å². The lowest BCUT2D eigenvalue weighted by molar-refractivity contribution is -0.144. The van der Waals surface area contributed by atoms with Crippen molar-refractivity contribution in [3.05, 3.63) is 0 Å².